The number of aliphatic hydroxyl groups excluding tert-OH is 2. The van der Waals surface area contributed by atoms with Crippen LogP contribution >= 0.6 is 0 Å². The van der Waals surface area contributed by atoms with Crippen LogP contribution in [-0.2, 0) is 14.3 Å². The number of amides is 1. The van der Waals surface area contributed by atoms with Crippen LogP contribution in [0, 0.1) is 0 Å². The SMILES string of the molecule is CCCCCCCCCCCCCCCC(O)C(CO)NC(=O)CCCCCCCCCCCCCCCOC(=O)CCCCCCCCCCCCCC. The van der Waals surface area contributed by atoms with E-state index in [0.29, 0.717) is 25.9 Å². The van der Waals surface area contributed by atoms with Gasteiger partial charge in [-0.15, -0.1) is 0 Å². The molecule has 0 radical (unpaired) electrons. The highest BCUT2D eigenvalue weighted by molar-refractivity contribution is 5.76. The lowest BCUT2D eigenvalue weighted by atomic mass is 10.0. The van der Waals surface area contributed by atoms with E-state index in [9.17, 15) is 19.8 Å². The van der Waals surface area contributed by atoms with Gasteiger partial charge in [-0.25, -0.2) is 0 Å². The minimum atomic E-state index is -0.670. The monoisotopic (exact) mass is 780 g/mol. The maximum absolute atomic E-state index is 12.4. The number of carbonyl (C=O) groups is 2. The summed E-state index contributed by atoms with van der Waals surface area (Å²) in [6.45, 7) is 4.93. The molecule has 0 heterocycles. The number of unbranched alkanes of at least 4 members (excludes halogenated alkanes) is 35. The molecule has 0 aromatic heterocycles. The minimum Gasteiger partial charge on any atom is -0.466 e. The van der Waals surface area contributed by atoms with Crippen LogP contribution in [-0.4, -0.2) is 47.4 Å². The van der Waals surface area contributed by atoms with Gasteiger partial charge < -0.3 is 20.3 Å². The summed E-state index contributed by atoms with van der Waals surface area (Å²) in [5, 5.41) is 23.2. The van der Waals surface area contributed by atoms with E-state index < -0.39 is 12.1 Å². The number of ether oxygens (including phenoxy) is 1. The second-order valence-corrected chi connectivity index (χ2v) is 17.2. The molecule has 0 aliphatic carbocycles. The van der Waals surface area contributed by atoms with Crippen molar-refractivity contribution in [2.75, 3.05) is 13.2 Å². The van der Waals surface area contributed by atoms with Gasteiger partial charge in [-0.2, -0.15) is 0 Å². The molecule has 0 saturated heterocycles. The summed E-state index contributed by atoms with van der Waals surface area (Å²) in [7, 11) is 0. The number of hydrogen-bond donors (Lipinski definition) is 3. The summed E-state index contributed by atoms with van der Waals surface area (Å²) >= 11 is 0. The molecule has 55 heavy (non-hydrogen) atoms. The van der Waals surface area contributed by atoms with Gasteiger partial charge in [-0.3, -0.25) is 9.59 Å². The first-order valence-electron chi connectivity index (χ1n) is 24.8. The molecule has 3 N–H and O–H groups in total. The van der Waals surface area contributed by atoms with Crippen LogP contribution in [0.1, 0.15) is 277 Å². The fraction of sp³-hybridized carbons (Fsp3) is 0.959. The Hall–Kier alpha value is -1.14. The van der Waals surface area contributed by atoms with Crippen LogP contribution in [0.3, 0.4) is 0 Å². The van der Waals surface area contributed by atoms with Gasteiger partial charge in [0.15, 0.2) is 0 Å². The van der Waals surface area contributed by atoms with Gasteiger partial charge in [0.2, 0.25) is 5.91 Å². The molecule has 6 heteroatoms. The first kappa shape index (κ1) is 53.9. The molecule has 1 amide bonds. The van der Waals surface area contributed by atoms with Crippen LogP contribution in [0.2, 0.25) is 0 Å². The van der Waals surface area contributed by atoms with Crippen molar-refractivity contribution in [2.45, 2.75) is 289 Å². The van der Waals surface area contributed by atoms with Crippen LogP contribution in [0.15, 0.2) is 0 Å². The number of aliphatic hydroxyl groups is 2. The highest BCUT2D eigenvalue weighted by Gasteiger charge is 2.20. The second kappa shape index (κ2) is 45.6. The van der Waals surface area contributed by atoms with E-state index in [1.54, 1.807) is 0 Å². The van der Waals surface area contributed by atoms with Gasteiger partial charge in [0.25, 0.3) is 0 Å². The predicted molar refractivity (Wildman–Crippen MR) is 237 cm³/mol. The van der Waals surface area contributed by atoms with Gasteiger partial charge in [-0.1, -0.05) is 239 Å². The van der Waals surface area contributed by atoms with E-state index in [2.05, 4.69) is 19.2 Å². The lowest BCUT2D eigenvalue weighted by Gasteiger charge is -2.22. The highest BCUT2D eigenvalue weighted by Crippen LogP contribution is 2.17. The topological polar surface area (TPSA) is 95.9 Å². The van der Waals surface area contributed by atoms with Crippen LogP contribution in [0.4, 0.5) is 0 Å². The molecule has 0 aromatic rings. The predicted octanol–water partition coefficient (Wildman–Crippen LogP) is 14.4. The van der Waals surface area contributed by atoms with E-state index in [1.165, 1.54) is 193 Å². The van der Waals surface area contributed by atoms with Crippen molar-refractivity contribution in [1.29, 1.82) is 0 Å². The molecule has 0 aromatic carbocycles. The lowest BCUT2D eigenvalue weighted by Crippen LogP contribution is -2.45. The Morgan fingerprint density at radius 3 is 1.11 bits per heavy atom. The normalized spacial score (nSPS) is 12.6. The largest absolute Gasteiger partial charge is 0.466 e. The van der Waals surface area contributed by atoms with Gasteiger partial charge in [0.1, 0.15) is 0 Å². The number of esters is 1. The quantitative estimate of drug-likeness (QED) is 0.0422. The van der Waals surface area contributed by atoms with Crippen molar-refractivity contribution < 1.29 is 24.5 Å². The molecule has 0 fully saturated rings. The van der Waals surface area contributed by atoms with E-state index in [0.717, 1.165) is 51.4 Å². The summed E-state index contributed by atoms with van der Waals surface area (Å²) < 4.78 is 5.45. The minimum absolute atomic E-state index is 0.00440. The van der Waals surface area contributed by atoms with Gasteiger partial charge in [0, 0.05) is 12.8 Å². The molecular weight excluding hydrogens is 683 g/mol. The standard InChI is InChI=1S/C49H97NO5/c1-3-5-7-9-11-13-15-18-21-25-29-33-37-41-47(52)46(45-51)50-48(53)42-38-34-30-26-22-19-17-20-24-28-32-36-40-44-55-49(54)43-39-35-31-27-23-16-14-12-10-8-6-4-2/h46-47,51-52H,3-45H2,1-2H3,(H,50,53). The maximum Gasteiger partial charge on any atom is 0.305 e. The molecule has 2 atom stereocenters. The maximum atomic E-state index is 12.4. The fourth-order valence-corrected chi connectivity index (χ4v) is 7.82. The average Bonchev–Trinajstić information content (AvgIpc) is 3.18. The Labute approximate surface area is 343 Å². The van der Waals surface area contributed by atoms with Gasteiger partial charge in [0.05, 0.1) is 25.4 Å². The second-order valence-electron chi connectivity index (χ2n) is 17.2. The Kier molecular flexibility index (Phi) is 44.6. The zero-order valence-corrected chi connectivity index (χ0v) is 37.2. The molecule has 0 rings (SSSR count). The van der Waals surface area contributed by atoms with Gasteiger partial charge in [-0.05, 0) is 25.7 Å². The third kappa shape index (κ3) is 42.3. The molecule has 6 nitrogen and oxygen atoms in total. The van der Waals surface area contributed by atoms with Crippen LogP contribution in [0.5, 0.6) is 0 Å². The number of rotatable bonds is 46. The van der Waals surface area contributed by atoms with Crippen molar-refractivity contribution in [3.8, 4) is 0 Å². The number of carbonyl (C=O) groups excluding carboxylic acids is 2. The Balaban J connectivity index is 3.44. The zero-order chi connectivity index (χ0) is 40.1. The Bertz CT molecular complexity index is 776. The average molecular weight is 780 g/mol. The molecular formula is C49H97NO5. The summed E-state index contributed by atoms with van der Waals surface area (Å²) in [5.41, 5.74) is 0. The zero-order valence-electron chi connectivity index (χ0n) is 37.2. The van der Waals surface area contributed by atoms with E-state index >= 15 is 0 Å². The van der Waals surface area contributed by atoms with E-state index in [4.69, 9.17) is 4.74 Å². The number of nitrogens with one attached hydrogen (secondary N) is 1. The Morgan fingerprint density at radius 1 is 0.436 bits per heavy atom. The Morgan fingerprint density at radius 2 is 0.745 bits per heavy atom. The summed E-state index contributed by atoms with van der Waals surface area (Å²) in [5.74, 6) is -0.0512. The van der Waals surface area contributed by atoms with Crippen molar-refractivity contribution >= 4 is 11.9 Å². The van der Waals surface area contributed by atoms with Crippen LogP contribution in [0.25, 0.3) is 0 Å². The molecule has 0 aliphatic heterocycles. The molecule has 0 aliphatic rings. The summed E-state index contributed by atoms with van der Waals surface area (Å²) in [4.78, 5) is 24.4. The van der Waals surface area contributed by atoms with Crippen molar-refractivity contribution in [1.82, 2.24) is 5.32 Å². The summed E-state index contributed by atoms with van der Waals surface area (Å²) in [6.07, 6.45) is 49.2. The smallest absolute Gasteiger partial charge is 0.305 e. The first-order chi connectivity index (χ1) is 27.0. The van der Waals surface area contributed by atoms with Crippen molar-refractivity contribution in [2.24, 2.45) is 0 Å². The fourth-order valence-electron chi connectivity index (χ4n) is 7.82. The molecule has 0 spiro atoms. The third-order valence-corrected chi connectivity index (χ3v) is 11.7. The van der Waals surface area contributed by atoms with Gasteiger partial charge >= 0.3 is 5.97 Å². The van der Waals surface area contributed by atoms with E-state index in [1.807, 2.05) is 0 Å². The first-order valence-corrected chi connectivity index (χ1v) is 24.8. The van der Waals surface area contributed by atoms with Crippen LogP contribution < -0.4 is 5.32 Å². The molecule has 328 valence electrons. The highest BCUT2D eigenvalue weighted by atomic mass is 16.5. The molecule has 0 saturated carbocycles. The molecule has 0 bridgehead atoms. The number of hydrogen-bond acceptors (Lipinski definition) is 5. The van der Waals surface area contributed by atoms with Crippen molar-refractivity contribution in [3.05, 3.63) is 0 Å². The van der Waals surface area contributed by atoms with Crippen molar-refractivity contribution in [3.63, 3.8) is 0 Å². The van der Waals surface area contributed by atoms with E-state index in [-0.39, 0.29) is 18.5 Å². The third-order valence-electron chi connectivity index (χ3n) is 11.7. The summed E-state index contributed by atoms with van der Waals surface area (Å²) in [6, 6.07) is -0.548. The lowest BCUT2D eigenvalue weighted by molar-refractivity contribution is -0.143. The molecule has 2 unspecified atom stereocenters.